The summed E-state index contributed by atoms with van der Waals surface area (Å²) in [4.78, 5) is 10.9. The molecule has 0 heterocycles. The van der Waals surface area contributed by atoms with E-state index in [1.54, 1.807) is 24.3 Å². The van der Waals surface area contributed by atoms with Gasteiger partial charge in [-0.2, -0.15) is 5.26 Å². The van der Waals surface area contributed by atoms with Crippen LogP contribution in [0, 0.1) is 21.4 Å². The Balaban J connectivity index is 2.23. The molecule has 0 saturated carbocycles. The number of phenols is 1. The minimum Gasteiger partial charge on any atom is -0.507 e. The third kappa shape index (κ3) is 3.31. The highest BCUT2D eigenvalue weighted by atomic mass is 16.6. The van der Waals surface area contributed by atoms with Crippen LogP contribution in [0.4, 0.5) is 5.69 Å². The van der Waals surface area contributed by atoms with Crippen LogP contribution in [0.25, 0.3) is 22.4 Å². The van der Waals surface area contributed by atoms with Crippen molar-refractivity contribution in [1.29, 1.82) is 5.26 Å². The second kappa shape index (κ2) is 7.68. The highest BCUT2D eigenvalue weighted by Gasteiger charge is 2.22. The van der Waals surface area contributed by atoms with Gasteiger partial charge in [-0.05, 0) is 17.5 Å². The van der Waals surface area contributed by atoms with E-state index in [1.807, 2.05) is 18.2 Å². The molecule has 0 amide bonds. The Morgan fingerprint density at radius 1 is 1.14 bits per heavy atom. The van der Waals surface area contributed by atoms with E-state index in [2.05, 4.69) is 0 Å². The number of aromatic hydroxyl groups is 1. The van der Waals surface area contributed by atoms with Crippen LogP contribution in [0.2, 0.25) is 0 Å². The van der Waals surface area contributed by atoms with Gasteiger partial charge in [0.15, 0.2) is 11.5 Å². The fraction of sp³-hybridized carbons (Fsp3) is 0.0952. The van der Waals surface area contributed by atoms with Crippen LogP contribution in [0.15, 0.2) is 48.5 Å². The Kier molecular flexibility index (Phi) is 5.14. The molecular weight excluding hydrogens is 360 g/mol. The van der Waals surface area contributed by atoms with Gasteiger partial charge in [0, 0.05) is 10.9 Å². The molecule has 3 rings (SSSR count). The Morgan fingerprint density at radius 2 is 1.82 bits per heavy atom. The number of fused-ring (bicyclic) bond motifs is 1. The van der Waals surface area contributed by atoms with Crippen LogP contribution in [-0.4, -0.2) is 24.2 Å². The lowest BCUT2D eigenvalue weighted by Gasteiger charge is -2.10. The van der Waals surface area contributed by atoms with Crippen LogP contribution < -0.4 is 9.47 Å². The molecule has 0 aliphatic carbocycles. The van der Waals surface area contributed by atoms with E-state index in [-0.39, 0.29) is 34.1 Å². The number of nitro groups is 1. The van der Waals surface area contributed by atoms with Gasteiger partial charge in [0.2, 0.25) is 0 Å². The fourth-order valence-corrected chi connectivity index (χ4v) is 2.95. The summed E-state index contributed by atoms with van der Waals surface area (Å²) in [6.45, 7) is 0. The molecule has 7 nitrogen and oxygen atoms in total. The lowest BCUT2D eigenvalue weighted by atomic mass is 9.99. The van der Waals surface area contributed by atoms with Crippen molar-refractivity contribution in [2.75, 3.05) is 14.2 Å². The maximum atomic E-state index is 11.5. The summed E-state index contributed by atoms with van der Waals surface area (Å²) < 4.78 is 10.3. The molecule has 7 heteroatoms. The molecule has 0 atom stereocenters. The van der Waals surface area contributed by atoms with E-state index >= 15 is 0 Å². The summed E-state index contributed by atoms with van der Waals surface area (Å²) in [6, 6.07) is 15.3. The van der Waals surface area contributed by atoms with E-state index in [1.165, 1.54) is 32.4 Å². The maximum Gasteiger partial charge on any atom is 0.281 e. The molecule has 3 aromatic carbocycles. The number of phenolic OH excluding ortho intramolecular Hbond substituents is 1. The number of allylic oxidation sites excluding steroid dienone is 1. The van der Waals surface area contributed by atoms with Crippen molar-refractivity contribution in [2.24, 2.45) is 0 Å². The van der Waals surface area contributed by atoms with Gasteiger partial charge in [-0.15, -0.1) is 0 Å². The summed E-state index contributed by atoms with van der Waals surface area (Å²) in [5, 5.41) is 33.2. The molecule has 0 aliphatic heterocycles. The van der Waals surface area contributed by atoms with Crippen LogP contribution in [0.3, 0.4) is 0 Å². The third-order valence-corrected chi connectivity index (χ3v) is 4.34. The number of nitro benzene ring substituents is 1. The zero-order valence-electron chi connectivity index (χ0n) is 15.2. The number of nitriles is 1. The summed E-state index contributed by atoms with van der Waals surface area (Å²) >= 11 is 0. The lowest BCUT2D eigenvalue weighted by molar-refractivity contribution is -0.385. The van der Waals surface area contributed by atoms with Crippen LogP contribution in [-0.2, 0) is 0 Å². The summed E-state index contributed by atoms with van der Waals surface area (Å²) in [5.41, 5.74) is 0.154. The molecule has 0 saturated heterocycles. The average Bonchev–Trinajstić information content (AvgIpc) is 2.72. The molecule has 0 unspecified atom stereocenters. The topological polar surface area (TPSA) is 106 Å². The Labute approximate surface area is 160 Å². The zero-order valence-corrected chi connectivity index (χ0v) is 15.2. The second-order valence-electron chi connectivity index (χ2n) is 5.88. The molecular formula is C21H16N2O5. The molecule has 0 aliphatic rings. The van der Waals surface area contributed by atoms with Crippen molar-refractivity contribution in [1.82, 2.24) is 0 Å². The molecule has 0 bridgehead atoms. The predicted octanol–water partition coefficient (Wildman–Crippen LogP) is 4.53. The van der Waals surface area contributed by atoms with Gasteiger partial charge in [0.05, 0.1) is 36.3 Å². The molecule has 0 fully saturated rings. The van der Waals surface area contributed by atoms with Gasteiger partial charge in [0.25, 0.3) is 5.69 Å². The van der Waals surface area contributed by atoms with Gasteiger partial charge in [-0.3, -0.25) is 10.1 Å². The van der Waals surface area contributed by atoms with Crippen molar-refractivity contribution >= 4 is 28.1 Å². The molecule has 1 N–H and O–H groups in total. The fourth-order valence-electron chi connectivity index (χ4n) is 2.95. The largest absolute Gasteiger partial charge is 0.507 e. The lowest BCUT2D eigenvalue weighted by Crippen LogP contribution is -1.99. The highest BCUT2D eigenvalue weighted by molar-refractivity contribution is 5.98. The number of benzene rings is 3. The van der Waals surface area contributed by atoms with Gasteiger partial charge < -0.3 is 14.6 Å². The van der Waals surface area contributed by atoms with Gasteiger partial charge in [0.1, 0.15) is 11.8 Å². The van der Waals surface area contributed by atoms with Crippen molar-refractivity contribution in [2.45, 2.75) is 0 Å². The minimum atomic E-state index is -0.595. The number of hydrogen-bond acceptors (Lipinski definition) is 6. The second-order valence-corrected chi connectivity index (χ2v) is 5.88. The van der Waals surface area contributed by atoms with Crippen molar-refractivity contribution in [3.63, 3.8) is 0 Å². The monoisotopic (exact) mass is 376 g/mol. The van der Waals surface area contributed by atoms with Crippen LogP contribution in [0.1, 0.15) is 11.1 Å². The average molecular weight is 376 g/mol. The molecule has 0 aromatic heterocycles. The molecule has 140 valence electrons. The van der Waals surface area contributed by atoms with E-state index in [9.17, 15) is 20.5 Å². The number of methoxy groups -OCH3 is 2. The Morgan fingerprint density at radius 3 is 2.46 bits per heavy atom. The highest BCUT2D eigenvalue weighted by Crippen LogP contribution is 2.39. The van der Waals surface area contributed by atoms with Crippen molar-refractivity contribution < 1.29 is 19.5 Å². The van der Waals surface area contributed by atoms with Gasteiger partial charge >= 0.3 is 0 Å². The maximum absolute atomic E-state index is 11.5. The van der Waals surface area contributed by atoms with Crippen molar-refractivity contribution in [3.8, 4) is 23.3 Å². The predicted molar refractivity (Wildman–Crippen MR) is 105 cm³/mol. The number of ether oxygens (including phenoxy) is 2. The van der Waals surface area contributed by atoms with Crippen LogP contribution in [0.5, 0.6) is 17.2 Å². The van der Waals surface area contributed by atoms with Gasteiger partial charge in [-0.1, -0.05) is 36.4 Å². The van der Waals surface area contributed by atoms with E-state index < -0.39 is 4.92 Å². The first-order chi connectivity index (χ1) is 13.5. The Hall–Kier alpha value is -4.05. The van der Waals surface area contributed by atoms with Crippen molar-refractivity contribution in [3.05, 3.63) is 69.8 Å². The zero-order chi connectivity index (χ0) is 20.3. The number of rotatable bonds is 5. The molecule has 0 radical (unpaired) electrons. The minimum absolute atomic E-state index is 0.00557. The normalized spacial score (nSPS) is 11.1. The molecule has 3 aromatic rings. The smallest absolute Gasteiger partial charge is 0.281 e. The quantitative estimate of drug-likeness (QED) is 0.303. The van der Waals surface area contributed by atoms with E-state index in [0.717, 1.165) is 5.39 Å². The standard InChI is InChI=1S/C21H16N2O5/c1-27-19-10-17(18(23(25)26)11-20(19)28-2)15(12-22)9-14-8-7-13-5-3-4-6-16(13)21(14)24/h3-11,24H,1-2H3/b15-9+. The van der Waals surface area contributed by atoms with E-state index in [0.29, 0.717) is 10.9 Å². The van der Waals surface area contributed by atoms with E-state index in [4.69, 9.17) is 9.47 Å². The van der Waals surface area contributed by atoms with Crippen LogP contribution >= 0.6 is 0 Å². The SMILES string of the molecule is COc1cc(/C(C#N)=C/c2ccc3ccccc3c2O)c([N+](=O)[O-])cc1OC. The first-order valence-corrected chi connectivity index (χ1v) is 8.23. The number of nitrogens with zero attached hydrogens (tertiary/aromatic N) is 2. The summed E-state index contributed by atoms with van der Waals surface area (Å²) in [6.07, 6.45) is 1.41. The molecule has 0 spiro atoms. The number of hydrogen-bond donors (Lipinski definition) is 1. The molecule has 28 heavy (non-hydrogen) atoms. The third-order valence-electron chi connectivity index (χ3n) is 4.34. The first kappa shape index (κ1) is 18.7. The van der Waals surface area contributed by atoms with Gasteiger partial charge in [-0.25, -0.2) is 0 Å². The summed E-state index contributed by atoms with van der Waals surface area (Å²) in [7, 11) is 2.77. The summed E-state index contributed by atoms with van der Waals surface area (Å²) in [5.74, 6) is 0.435. The first-order valence-electron chi connectivity index (χ1n) is 8.23. The Bertz CT molecular complexity index is 1150.